The first kappa shape index (κ1) is 31.7. The van der Waals surface area contributed by atoms with E-state index < -0.39 is 0 Å². The molecule has 0 nitrogen and oxygen atoms in total. The van der Waals surface area contributed by atoms with E-state index >= 15 is 0 Å². The summed E-state index contributed by atoms with van der Waals surface area (Å²) in [5, 5.41) is 10.3. The number of benzene rings is 10. The number of hydrogen-bond donors (Lipinski definition) is 0. The van der Waals surface area contributed by atoms with Crippen molar-refractivity contribution in [2.45, 2.75) is 19.3 Å². The van der Waals surface area contributed by atoms with Crippen molar-refractivity contribution in [3.63, 3.8) is 0 Å². The van der Waals surface area contributed by atoms with Crippen LogP contribution in [0.2, 0.25) is 0 Å². The maximum Gasteiger partial charge on any atom is 0.0165 e. The van der Waals surface area contributed by atoms with Gasteiger partial charge in [0, 0.05) is 5.41 Å². The van der Waals surface area contributed by atoms with Crippen molar-refractivity contribution < 1.29 is 0 Å². The molecule has 0 radical (unpaired) electrons. The lowest BCUT2D eigenvalue weighted by Crippen LogP contribution is -2.15. The molecule has 1 aliphatic rings. The molecule has 0 N–H and O–H groups in total. The molecule has 0 saturated heterocycles. The molecule has 11 rings (SSSR count). The van der Waals surface area contributed by atoms with Crippen LogP contribution in [-0.2, 0) is 5.41 Å². The van der Waals surface area contributed by atoms with Gasteiger partial charge in [0.25, 0.3) is 0 Å². The molecule has 0 aromatic heterocycles. The highest BCUT2D eigenvalue weighted by molar-refractivity contribution is 6.28. The van der Waals surface area contributed by atoms with Crippen molar-refractivity contribution in [1.29, 1.82) is 0 Å². The SMILES string of the molecule is CC1(C)c2cc(-c3ccccc3-c3cccc(-c4c5ccccc5c(-c5ccccc5)c5c4ccc4ccccc45)c3)ccc2-c2ccc3ccccc3c21. The van der Waals surface area contributed by atoms with Gasteiger partial charge in [0.15, 0.2) is 0 Å². The number of fused-ring (bicyclic) bond motifs is 9. The average molecular weight is 699 g/mol. The van der Waals surface area contributed by atoms with Crippen molar-refractivity contribution in [3.8, 4) is 55.6 Å². The van der Waals surface area contributed by atoms with Crippen molar-refractivity contribution in [2.75, 3.05) is 0 Å². The van der Waals surface area contributed by atoms with Crippen LogP contribution >= 0.6 is 0 Å². The molecule has 55 heavy (non-hydrogen) atoms. The van der Waals surface area contributed by atoms with Gasteiger partial charge in [-0.05, 0) is 122 Å². The predicted octanol–water partition coefficient (Wildman–Crippen LogP) is 15.3. The summed E-state index contributed by atoms with van der Waals surface area (Å²) in [4.78, 5) is 0. The van der Waals surface area contributed by atoms with Crippen molar-refractivity contribution in [1.82, 2.24) is 0 Å². The molecule has 0 bridgehead atoms. The van der Waals surface area contributed by atoms with E-state index in [4.69, 9.17) is 0 Å². The van der Waals surface area contributed by atoms with E-state index in [9.17, 15) is 0 Å². The lowest BCUT2D eigenvalue weighted by molar-refractivity contribution is 0.666. The molecule has 10 aromatic carbocycles. The molecular formula is C55H38. The smallest absolute Gasteiger partial charge is 0.0165 e. The highest BCUT2D eigenvalue weighted by atomic mass is 14.4. The fourth-order valence-electron chi connectivity index (χ4n) is 9.76. The van der Waals surface area contributed by atoms with Crippen molar-refractivity contribution in [3.05, 3.63) is 205 Å². The third-order valence-corrected chi connectivity index (χ3v) is 12.2. The van der Waals surface area contributed by atoms with Gasteiger partial charge in [-0.1, -0.05) is 196 Å². The summed E-state index contributed by atoms with van der Waals surface area (Å²) in [5.74, 6) is 0. The first-order chi connectivity index (χ1) is 27.1. The lowest BCUT2D eigenvalue weighted by atomic mass is 9.79. The minimum atomic E-state index is -0.116. The van der Waals surface area contributed by atoms with Gasteiger partial charge < -0.3 is 0 Å². The Labute approximate surface area is 322 Å². The van der Waals surface area contributed by atoms with Crippen LogP contribution in [0.1, 0.15) is 25.0 Å². The molecule has 0 spiro atoms. The zero-order valence-corrected chi connectivity index (χ0v) is 31.0. The fraction of sp³-hybridized carbons (Fsp3) is 0.0545. The third-order valence-electron chi connectivity index (χ3n) is 12.2. The molecule has 0 heteroatoms. The zero-order valence-electron chi connectivity index (χ0n) is 31.0. The second kappa shape index (κ2) is 12.1. The maximum absolute atomic E-state index is 2.46. The summed E-state index contributed by atoms with van der Waals surface area (Å²) >= 11 is 0. The van der Waals surface area contributed by atoms with Gasteiger partial charge in [-0.15, -0.1) is 0 Å². The first-order valence-corrected chi connectivity index (χ1v) is 19.4. The van der Waals surface area contributed by atoms with E-state index in [1.807, 2.05) is 0 Å². The van der Waals surface area contributed by atoms with E-state index in [1.165, 1.54) is 110 Å². The lowest BCUT2D eigenvalue weighted by Gasteiger charge is -2.24. The minimum Gasteiger partial charge on any atom is -0.0622 e. The van der Waals surface area contributed by atoms with E-state index in [-0.39, 0.29) is 5.41 Å². The molecule has 0 saturated carbocycles. The van der Waals surface area contributed by atoms with Gasteiger partial charge in [-0.3, -0.25) is 0 Å². The molecule has 0 heterocycles. The van der Waals surface area contributed by atoms with E-state index in [0.717, 1.165) is 0 Å². The Kier molecular flexibility index (Phi) is 7.00. The molecule has 0 amide bonds. The Morgan fingerprint density at radius 1 is 0.309 bits per heavy atom. The van der Waals surface area contributed by atoms with Gasteiger partial charge in [-0.2, -0.15) is 0 Å². The summed E-state index contributed by atoms with van der Waals surface area (Å²) in [5.41, 5.74) is 15.4. The molecule has 0 atom stereocenters. The normalized spacial score (nSPS) is 13.1. The van der Waals surface area contributed by atoms with Crippen LogP contribution in [0.4, 0.5) is 0 Å². The summed E-state index contributed by atoms with van der Waals surface area (Å²) < 4.78 is 0. The summed E-state index contributed by atoms with van der Waals surface area (Å²) in [6.07, 6.45) is 0. The third kappa shape index (κ3) is 4.78. The van der Waals surface area contributed by atoms with Gasteiger partial charge >= 0.3 is 0 Å². The first-order valence-electron chi connectivity index (χ1n) is 19.4. The van der Waals surface area contributed by atoms with Crippen LogP contribution in [0.5, 0.6) is 0 Å². The summed E-state index contributed by atoms with van der Waals surface area (Å²) in [6, 6.07) is 72.1. The Morgan fingerprint density at radius 3 is 1.62 bits per heavy atom. The van der Waals surface area contributed by atoms with Crippen molar-refractivity contribution >= 4 is 43.1 Å². The van der Waals surface area contributed by atoms with E-state index in [2.05, 4.69) is 208 Å². The molecule has 0 fully saturated rings. The maximum atomic E-state index is 2.46. The number of hydrogen-bond acceptors (Lipinski definition) is 0. The average Bonchev–Trinajstić information content (AvgIpc) is 3.48. The molecule has 0 unspecified atom stereocenters. The second-order valence-electron chi connectivity index (χ2n) is 15.6. The minimum absolute atomic E-state index is 0.116. The summed E-state index contributed by atoms with van der Waals surface area (Å²) in [7, 11) is 0. The van der Waals surface area contributed by atoms with E-state index in [0.29, 0.717) is 0 Å². The molecule has 1 aliphatic carbocycles. The zero-order chi connectivity index (χ0) is 36.7. The standard InChI is InChI=1S/C55H38/c1-55(2)50-34-39(29-30-45(50)48-31-27-36-16-7-9-24-44(36)54(48)55)42-22-11-10-21-41(42)38-19-14-20-40(33-38)51-46-25-12-13-26-47(46)52(37-17-4-3-5-18-37)53-43-23-8-6-15-35(43)28-32-49(51)53/h3-34H,1-2H3. The van der Waals surface area contributed by atoms with Crippen LogP contribution in [0, 0.1) is 0 Å². The fourth-order valence-corrected chi connectivity index (χ4v) is 9.76. The van der Waals surface area contributed by atoms with Crippen LogP contribution in [0.25, 0.3) is 98.7 Å². The van der Waals surface area contributed by atoms with Crippen LogP contribution in [-0.4, -0.2) is 0 Å². The second-order valence-corrected chi connectivity index (χ2v) is 15.6. The topological polar surface area (TPSA) is 0 Å². The van der Waals surface area contributed by atoms with Crippen LogP contribution < -0.4 is 0 Å². The molecule has 258 valence electrons. The Morgan fingerprint density at radius 2 is 0.855 bits per heavy atom. The van der Waals surface area contributed by atoms with Gasteiger partial charge in [-0.25, -0.2) is 0 Å². The number of rotatable bonds is 4. The largest absolute Gasteiger partial charge is 0.0622 e. The highest BCUT2D eigenvalue weighted by Crippen LogP contribution is 2.53. The van der Waals surface area contributed by atoms with Gasteiger partial charge in [0.1, 0.15) is 0 Å². The highest BCUT2D eigenvalue weighted by Gasteiger charge is 2.37. The van der Waals surface area contributed by atoms with E-state index in [1.54, 1.807) is 0 Å². The van der Waals surface area contributed by atoms with Gasteiger partial charge in [0.2, 0.25) is 0 Å². The Balaban J connectivity index is 1.10. The van der Waals surface area contributed by atoms with Gasteiger partial charge in [0.05, 0.1) is 0 Å². The Bertz CT molecular complexity index is 3160. The van der Waals surface area contributed by atoms with Crippen LogP contribution in [0.15, 0.2) is 194 Å². The quantitative estimate of drug-likeness (QED) is 0.127. The molecular weight excluding hydrogens is 661 g/mol. The summed E-state index contributed by atoms with van der Waals surface area (Å²) in [6.45, 7) is 4.79. The monoisotopic (exact) mass is 698 g/mol. The molecule has 10 aromatic rings. The van der Waals surface area contributed by atoms with Crippen LogP contribution in [0.3, 0.4) is 0 Å². The predicted molar refractivity (Wildman–Crippen MR) is 236 cm³/mol. The van der Waals surface area contributed by atoms with Crippen molar-refractivity contribution in [2.24, 2.45) is 0 Å². The molecule has 0 aliphatic heterocycles. The Hall–Kier alpha value is -6.76.